The number of H-pyrrole nitrogens is 1. The first-order valence-electron chi connectivity index (χ1n) is 4.77. The van der Waals surface area contributed by atoms with Gasteiger partial charge in [0.1, 0.15) is 4.60 Å². The van der Waals surface area contributed by atoms with Gasteiger partial charge >= 0.3 is 6.18 Å². The molecule has 2 rings (SSSR count). The van der Waals surface area contributed by atoms with Crippen molar-refractivity contribution in [3.63, 3.8) is 0 Å². The minimum Gasteiger partial charge on any atom is -0.382 e. The summed E-state index contributed by atoms with van der Waals surface area (Å²) in [6.45, 7) is 0. The fourth-order valence-electron chi connectivity index (χ4n) is 1.55. The molecule has 1 aromatic carbocycles. The number of nitrogens with one attached hydrogen (secondary N) is 1. The lowest BCUT2D eigenvalue weighted by Gasteiger charge is -2.12. The van der Waals surface area contributed by atoms with Crippen molar-refractivity contribution < 1.29 is 13.2 Å². The van der Waals surface area contributed by atoms with Gasteiger partial charge in [-0.25, -0.2) is 0 Å². The number of aromatic nitrogens is 2. The third-order valence-electron chi connectivity index (χ3n) is 2.37. The maximum absolute atomic E-state index is 12.6. The Kier molecular flexibility index (Phi) is 3.72. The zero-order chi connectivity index (χ0) is 14.4. The molecular formula is C10H5BrCl2F3N3. The van der Waals surface area contributed by atoms with E-state index in [1.165, 1.54) is 0 Å². The number of hydrogen-bond acceptors (Lipinski definition) is 2. The molecule has 102 valence electrons. The molecule has 1 aromatic heterocycles. The van der Waals surface area contributed by atoms with Crippen molar-refractivity contribution in [3.8, 4) is 11.1 Å². The number of halogens is 6. The molecule has 0 aliphatic heterocycles. The molecule has 0 fully saturated rings. The van der Waals surface area contributed by atoms with Crippen LogP contribution in [0.25, 0.3) is 11.1 Å². The van der Waals surface area contributed by atoms with Gasteiger partial charge in [-0.2, -0.15) is 18.3 Å². The molecule has 9 heteroatoms. The van der Waals surface area contributed by atoms with Crippen LogP contribution in [0.3, 0.4) is 0 Å². The number of nitrogens with zero attached hydrogens (tertiary/aromatic N) is 1. The third-order valence-corrected chi connectivity index (χ3v) is 3.54. The summed E-state index contributed by atoms with van der Waals surface area (Å²) in [4.78, 5) is 0. The Bertz CT molecular complexity index is 597. The van der Waals surface area contributed by atoms with Crippen LogP contribution in [0.5, 0.6) is 0 Å². The molecule has 2 aromatic rings. The molecule has 0 unspecified atom stereocenters. The van der Waals surface area contributed by atoms with Crippen LogP contribution in [0.1, 0.15) is 5.56 Å². The van der Waals surface area contributed by atoms with Crippen LogP contribution in [0.2, 0.25) is 10.0 Å². The zero-order valence-corrected chi connectivity index (χ0v) is 12.0. The highest BCUT2D eigenvalue weighted by Crippen LogP contribution is 2.43. The second-order valence-electron chi connectivity index (χ2n) is 3.61. The van der Waals surface area contributed by atoms with Gasteiger partial charge in [-0.05, 0) is 28.1 Å². The fraction of sp³-hybridized carbons (Fsp3) is 0.100. The maximum atomic E-state index is 12.6. The number of hydrogen-bond donors (Lipinski definition) is 2. The molecule has 1 heterocycles. The molecule has 0 bridgehead atoms. The quantitative estimate of drug-likeness (QED) is 0.756. The van der Waals surface area contributed by atoms with Gasteiger partial charge in [0.25, 0.3) is 0 Å². The summed E-state index contributed by atoms with van der Waals surface area (Å²) >= 11 is 14.9. The molecule has 3 nitrogen and oxygen atoms in total. The predicted octanol–water partition coefficient (Wildman–Crippen LogP) is 4.75. The van der Waals surface area contributed by atoms with Crippen molar-refractivity contribution in [3.05, 3.63) is 32.3 Å². The molecule has 0 atom stereocenters. The van der Waals surface area contributed by atoms with Crippen molar-refractivity contribution in [2.75, 3.05) is 5.73 Å². The van der Waals surface area contributed by atoms with E-state index in [2.05, 4.69) is 26.1 Å². The average Bonchev–Trinajstić information content (AvgIpc) is 2.58. The van der Waals surface area contributed by atoms with Crippen molar-refractivity contribution in [2.45, 2.75) is 6.18 Å². The number of anilines is 1. The van der Waals surface area contributed by atoms with E-state index in [1.54, 1.807) is 0 Å². The van der Waals surface area contributed by atoms with Gasteiger partial charge in [0.05, 0.1) is 21.2 Å². The summed E-state index contributed by atoms with van der Waals surface area (Å²) in [5.41, 5.74) is 5.21. The van der Waals surface area contributed by atoms with E-state index in [-0.39, 0.29) is 21.4 Å². The van der Waals surface area contributed by atoms with Gasteiger partial charge in [-0.15, -0.1) is 0 Å². The Morgan fingerprint density at radius 2 is 1.68 bits per heavy atom. The summed E-state index contributed by atoms with van der Waals surface area (Å²) < 4.78 is 38.2. The molecule has 0 saturated heterocycles. The van der Waals surface area contributed by atoms with Crippen LogP contribution in [0, 0.1) is 0 Å². The van der Waals surface area contributed by atoms with E-state index in [4.69, 9.17) is 28.9 Å². The molecular weight excluding hydrogens is 370 g/mol. The lowest BCUT2D eigenvalue weighted by Crippen LogP contribution is -2.05. The SMILES string of the molecule is Nc1n[nH]c(Br)c1-c1c(Cl)cc(C(F)(F)F)cc1Cl. The first-order chi connectivity index (χ1) is 8.71. The number of nitrogen functional groups attached to an aromatic ring is 1. The summed E-state index contributed by atoms with van der Waals surface area (Å²) in [6.07, 6.45) is -4.52. The summed E-state index contributed by atoms with van der Waals surface area (Å²) in [5.74, 6) is 0.0791. The molecule has 0 aliphatic rings. The van der Waals surface area contributed by atoms with Crippen LogP contribution >= 0.6 is 39.1 Å². The monoisotopic (exact) mass is 373 g/mol. The number of alkyl halides is 3. The first kappa shape index (κ1) is 14.5. The van der Waals surface area contributed by atoms with Crippen LogP contribution in [-0.2, 0) is 6.18 Å². The van der Waals surface area contributed by atoms with Crippen LogP contribution in [-0.4, -0.2) is 10.2 Å². The molecule has 0 aliphatic carbocycles. The van der Waals surface area contributed by atoms with Gasteiger partial charge in [-0.3, -0.25) is 5.10 Å². The normalized spacial score (nSPS) is 11.9. The highest BCUT2D eigenvalue weighted by atomic mass is 79.9. The molecule has 0 radical (unpaired) electrons. The van der Waals surface area contributed by atoms with Gasteiger partial charge in [0, 0.05) is 5.56 Å². The smallest absolute Gasteiger partial charge is 0.382 e. The molecule has 0 amide bonds. The van der Waals surface area contributed by atoms with Crippen molar-refractivity contribution in [1.29, 1.82) is 0 Å². The average molecular weight is 375 g/mol. The Balaban J connectivity index is 2.68. The second-order valence-corrected chi connectivity index (χ2v) is 5.22. The maximum Gasteiger partial charge on any atom is 0.416 e. The van der Waals surface area contributed by atoms with Gasteiger partial charge < -0.3 is 5.73 Å². The van der Waals surface area contributed by atoms with Crippen molar-refractivity contribution in [2.24, 2.45) is 0 Å². The van der Waals surface area contributed by atoms with Crippen LogP contribution < -0.4 is 5.73 Å². The van der Waals surface area contributed by atoms with Crippen LogP contribution in [0.15, 0.2) is 16.7 Å². The van der Waals surface area contributed by atoms with Gasteiger partial charge in [-0.1, -0.05) is 23.2 Å². The Hall–Kier alpha value is -0.920. The molecule has 0 spiro atoms. The Labute approximate surface area is 124 Å². The van der Waals surface area contributed by atoms with Crippen molar-refractivity contribution >= 4 is 44.9 Å². The van der Waals surface area contributed by atoms with Gasteiger partial charge in [0.15, 0.2) is 5.82 Å². The number of rotatable bonds is 1. The van der Waals surface area contributed by atoms with E-state index in [0.29, 0.717) is 10.2 Å². The molecule has 3 N–H and O–H groups in total. The minimum atomic E-state index is -4.52. The van der Waals surface area contributed by atoms with E-state index < -0.39 is 11.7 Å². The largest absolute Gasteiger partial charge is 0.416 e. The highest BCUT2D eigenvalue weighted by Gasteiger charge is 2.32. The summed E-state index contributed by atoms with van der Waals surface area (Å²) in [5, 5.41) is 5.93. The number of aromatic amines is 1. The van der Waals surface area contributed by atoms with E-state index in [1.807, 2.05) is 0 Å². The highest BCUT2D eigenvalue weighted by molar-refractivity contribution is 9.10. The number of benzene rings is 1. The van der Waals surface area contributed by atoms with E-state index >= 15 is 0 Å². The Morgan fingerprint density at radius 1 is 1.16 bits per heavy atom. The van der Waals surface area contributed by atoms with E-state index in [9.17, 15) is 13.2 Å². The number of nitrogens with two attached hydrogens (primary N) is 1. The summed E-state index contributed by atoms with van der Waals surface area (Å²) in [6, 6.07) is 1.59. The first-order valence-corrected chi connectivity index (χ1v) is 6.32. The van der Waals surface area contributed by atoms with Gasteiger partial charge in [0.2, 0.25) is 0 Å². The summed E-state index contributed by atoms with van der Waals surface area (Å²) in [7, 11) is 0. The minimum absolute atomic E-state index is 0.0791. The van der Waals surface area contributed by atoms with E-state index in [0.717, 1.165) is 12.1 Å². The second kappa shape index (κ2) is 4.88. The van der Waals surface area contributed by atoms with Crippen molar-refractivity contribution in [1.82, 2.24) is 10.2 Å². The lowest BCUT2D eigenvalue weighted by atomic mass is 10.1. The Morgan fingerprint density at radius 3 is 2.05 bits per heavy atom. The third kappa shape index (κ3) is 2.68. The van der Waals surface area contributed by atoms with Crippen LogP contribution in [0.4, 0.5) is 19.0 Å². The predicted molar refractivity (Wildman–Crippen MR) is 71.2 cm³/mol. The topological polar surface area (TPSA) is 54.7 Å². The molecule has 19 heavy (non-hydrogen) atoms. The molecule has 0 saturated carbocycles. The standard InChI is InChI=1S/C10H5BrCl2F3N3/c11-8-7(9(17)19-18-8)6-4(12)1-3(2-5(6)13)10(14,15)16/h1-2H,(H3,17,18,19). The fourth-order valence-corrected chi connectivity index (χ4v) is 2.71. The lowest BCUT2D eigenvalue weighted by molar-refractivity contribution is -0.137. The zero-order valence-electron chi connectivity index (χ0n) is 8.95.